The van der Waals surface area contributed by atoms with E-state index in [9.17, 15) is 4.79 Å². The zero-order valence-corrected chi connectivity index (χ0v) is 12.8. The Hall–Kier alpha value is -3.14. The first-order chi connectivity index (χ1) is 11.8. The minimum atomic E-state index is -0.233. The second kappa shape index (κ2) is 4.93. The Balaban J connectivity index is 1.73. The number of fused-ring (bicyclic) bond motifs is 1. The number of benzene rings is 3. The van der Waals surface area contributed by atoms with E-state index in [0.717, 1.165) is 27.6 Å². The molecule has 4 aromatic rings. The number of ether oxygens (including phenoxy) is 1. The molecule has 2 heterocycles. The van der Waals surface area contributed by atoms with E-state index in [-0.39, 0.29) is 11.8 Å². The van der Waals surface area contributed by atoms with Gasteiger partial charge in [-0.2, -0.15) is 0 Å². The molecule has 0 N–H and O–H groups in total. The van der Waals surface area contributed by atoms with Gasteiger partial charge in [0.2, 0.25) is 0 Å². The summed E-state index contributed by atoms with van der Waals surface area (Å²) in [5.74, 6) is 0.733. The van der Waals surface area contributed by atoms with E-state index >= 15 is 0 Å². The minimum absolute atomic E-state index is 0.212. The molecule has 4 heteroatoms. The van der Waals surface area contributed by atoms with Gasteiger partial charge in [0.25, 0.3) is 0 Å². The summed E-state index contributed by atoms with van der Waals surface area (Å²) >= 11 is 0. The van der Waals surface area contributed by atoms with E-state index in [4.69, 9.17) is 4.74 Å². The average molecular weight is 314 g/mol. The van der Waals surface area contributed by atoms with E-state index < -0.39 is 0 Å². The van der Waals surface area contributed by atoms with Crippen LogP contribution in [0.4, 0.5) is 0 Å². The van der Waals surface area contributed by atoms with Crippen molar-refractivity contribution < 1.29 is 4.74 Å². The van der Waals surface area contributed by atoms with Crippen molar-refractivity contribution in [3.05, 3.63) is 82.9 Å². The average Bonchev–Trinajstić information content (AvgIpc) is 2.64. The maximum atomic E-state index is 12.3. The lowest BCUT2D eigenvalue weighted by atomic mass is 9.99. The van der Waals surface area contributed by atoms with Gasteiger partial charge in [0.15, 0.2) is 0 Å². The zero-order valence-electron chi connectivity index (χ0n) is 12.8. The molecule has 1 aliphatic heterocycles. The lowest BCUT2D eigenvalue weighted by Crippen LogP contribution is -2.31. The van der Waals surface area contributed by atoms with Crippen LogP contribution >= 0.6 is 0 Å². The fraction of sp³-hybridized carbons (Fsp3) is 0.100. The van der Waals surface area contributed by atoms with Gasteiger partial charge < -0.3 is 4.74 Å². The highest BCUT2D eigenvalue weighted by Gasteiger charge is 2.25. The molecule has 0 radical (unpaired) electrons. The van der Waals surface area contributed by atoms with Gasteiger partial charge in [-0.1, -0.05) is 54.6 Å². The summed E-state index contributed by atoms with van der Waals surface area (Å²) in [6.45, 7) is 0.466. The van der Waals surface area contributed by atoms with Crippen LogP contribution in [0.2, 0.25) is 0 Å². The highest BCUT2D eigenvalue weighted by Crippen LogP contribution is 2.36. The number of para-hydroxylation sites is 1. The van der Waals surface area contributed by atoms with Crippen molar-refractivity contribution in [3.63, 3.8) is 0 Å². The molecule has 4 nitrogen and oxygen atoms in total. The molecule has 0 fully saturated rings. The molecule has 1 unspecified atom stereocenters. The summed E-state index contributed by atoms with van der Waals surface area (Å²) in [7, 11) is 0. The maximum Gasteiger partial charge on any atom is 0.348 e. The topological polar surface area (TPSA) is 44.1 Å². The summed E-state index contributed by atoms with van der Waals surface area (Å²) in [6.07, 6.45) is 1.40. The van der Waals surface area contributed by atoms with Gasteiger partial charge in [-0.3, -0.25) is 4.57 Å². The summed E-state index contributed by atoms with van der Waals surface area (Å²) in [4.78, 5) is 16.3. The van der Waals surface area contributed by atoms with Gasteiger partial charge in [-0.25, -0.2) is 9.78 Å². The molecule has 116 valence electrons. The molecular weight excluding hydrogens is 300 g/mol. The van der Waals surface area contributed by atoms with Crippen LogP contribution in [0.5, 0.6) is 5.75 Å². The third kappa shape index (κ3) is 1.86. The summed E-state index contributed by atoms with van der Waals surface area (Å²) < 4.78 is 7.99. The van der Waals surface area contributed by atoms with Gasteiger partial charge in [0.1, 0.15) is 11.9 Å². The van der Waals surface area contributed by atoms with Crippen molar-refractivity contribution in [1.82, 2.24) is 9.55 Å². The quantitative estimate of drug-likeness (QED) is 0.538. The Bertz CT molecular complexity index is 1140. The third-order valence-corrected chi connectivity index (χ3v) is 4.63. The molecule has 0 aliphatic carbocycles. The van der Waals surface area contributed by atoms with Crippen molar-refractivity contribution in [2.75, 3.05) is 0 Å². The summed E-state index contributed by atoms with van der Waals surface area (Å²) in [5, 5.41) is 3.24. The molecule has 0 amide bonds. The Morgan fingerprint density at radius 2 is 1.75 bits per heavy atom. The first-order valence-electron chi connectivity index (χ1n) is 7.94. The van der Waals surface area contributed by atoms with E-state index in [1.165, 1.54) is 5.39 Å². The number of nitrogens with zero attached hydrogens (tertiary/aromatic N) is 2. The summed E-state index contributed by atoms with van der Waals surface area (Å²) in [5.41, 5.74) is 1.68. The van der Waals surface area contributed by atoms with Crippen LogP contribution in [0.15, 0.2) is 71.7 Å². The molecule has 5 rings (SSSR count). The lowest BCUT2D eigenvalue weighted by Gasteiger charge is -2.28. The minimum Gasteiger partial charge on any atom is -0.482 e. The number of hydrogen-bond acceptors (Lipinski definition) is 3. The lowest BCUT2D eigenvalue weighted by molar-refractivity contribution is 0.172. The van der Waals surface area contributed by atoms with Crippen LogP contribution in [0, 0.1) is 0 Å². The maximum absolute atomic E-state index is 12.3. The van der Waals surface area contributed by atoms with Crippen LogP contribution in [0.25, 0.3) is 21.7 Å². The Morgan fingerprint density at radius 1 is 0.958 bits per heavy atom. The van der Waals surface area contributed by atoms with E-state index in [1.54, 1.807) is 10.8 Å². The molecular formula is C20H14N2O2. The molecule has 24 heavy (non-hydrogen) atoms. The first kappa shape index (κ1) is 13.3. The fourth-order valence-corrected chi connectivity index (χ4v) is 3.54. The van der Waals surface area contributed by atoms with Crippen molar-refractivity contribution in [2.24, 2.45) is 0 Å². The molecule has 1 aromatic heterocycles. The predicted octanol–water partition coefficient (Wildman–Crippen LogP) is 3.68. The highest BCUT2D eigenvalue weighted by atomic mass is 16.5. The predicted molar refractivity (Wildman–Crippen MR) is 93.3 cm³/mol. The second-order valence-electron chi connectivity index (χ2n) is 6.02. The number of aromatic nitrogens is 2. The molecule has 0 bridgehead atoms. The first-order valence-corrected chi connectivity index (χ1v) is 7.94. The SMILES string of the molecule is O=c1ncc2cccc3c2n1CC(c1cccc2ccccc12)O3. The number of hydrogen-bond donors (Lipinski definition) is 0. The van der Waals surface area contributed by atoms with Crippen LogP contribution < -0.4 is 10.4 Å². The normalized spacial score (nSPS) is 16.2. The molecule has 1 atom stereocenters. The molecule has 0 saturated heterocycles. The molecule has 1 aliphatic rings. The number of rotatable bonds is 1. The van der Waals surface area contributed by atoms with Gasteiger partial charge in [0.05, 0.1) is 12.1 Å². The molecule has 3 aromatic carbocycles. The van der Waals surface area contributed by atoms with E-state index in [0.29, 0.717) is 6.54 Å². The van der Waals surface area contributed by atoms with Crippen molar-refractivity contribution in [1.29, 1.82) is 0 Å². The summed E-state index contributed by atoms with van der Waals surface area (Å²) in [6, 6.07) is 20.2. The van der Waals surface area contributed by atoms with Gasteiger partial charge in [-0.05, 0) is 16.8 Å². The second-order valence-corrected chi connectivity index (χ2v) is 6.02. The van der Waals surface area contributed by atoms with Crippen LogP contribution in [-0.2, 0) is 6.54 Å². The Kier molecular flexibility index (Phi) is 2.73. The smallest absolute Gasteiger partial charge is 0.348 e. The van der Waals surface area contributed by atoms with Crippen LogP contribution in [0.3, 0.4) is 0 Å². The van der Waals surface area contributed by atoms with E-state index in [2.05, 4.69) is 29.2 Å². The fourth-order valence-electron chi connectivity index (χ4n) is 3.54. The Morgan fingerprint density at radius 3 is 2.71 bits per heavy atom. The van der Waals surface area contributed by atoms with Crippen molar-refractivity contribution >= 4 is 21.7 Å². The van der Waals surface area contributed by atoms with Crippen LogP contribution in [0.1, 0.15) is 11.7 Å². The highest BCUT2D eigenvalue weighted by molar-refractivity contribution is 5.87. The van der Waals surface area contributed by atoms with Gasteiger partial charge in [0, 0.05) is 17.1 Å². The largest absolute Gasteiger partial charge is 0.482 e. The molecule has 0 spiro atoms. The van der Waals surface area contributed by atoms with E-state index in [1.807, 2.05) is 36.4 Å². The molecule has 0 saturated carbocycles. The van der Waals surface area contributed by atoms with Crippen molar-refractivity contribution in [3.8, 4) is 5.75 Å². The monoisotopic (exact) mass is 314 g/mol. The standard InChI is InChI=1S/C20H14N2O2/c23-20-21-11-14-7-4-10-17-19(14)22(20)12-18(24-17)16-9-3-6-13-5-1-2-8-15(13)16/h1-11,18H,12H2. The zero-order chi connectivity index (χ0) is 16.1. The van der Waals surface area contributed by atoms with Gasteiger partial charge >= 0.3 is 5.69 Å². The Labute approximate surface area is 138 Å². The van der Waals surface area contributed by atoms with Gasteiger partial charge in [-0.15, -0.1) is 0 Å². The van der Waals surface area contributed by atoms with Crippen LogP contribution in [-0.4, -0.2) is 9.55 Å². The third-order valence-electron chi connectivity index (χ3n) is 4.63. The van der Waals surface area contributed by atoms with Crippen molar-refractivity contribution in [2.45, 2.75) is 12.6 Å².